The summed E-state index contributed by atoms with van der Waals surface area (Å²) in [5, 5.41) is 8.51. The third-order valence-corrected chi connectivity index (χ3v) is 4.75. The van der Waals surface area contributed by atoms with Gasteiger partial charge in [0.25, 0.3) is 0 Å². The standard InChI is InChI=1S/C18H18F2N4.ClH/c19-15-4-3-12(10-16(15)20)11-24-8-5-13(6-9-24)17-14-2-1-7-21-18(14)23-22-17;/h1-4,7,10,13H,5-6,8-9,11H2,(H,21,22,23);1H. The van der Waals surface area contributed by atoms with Gasteiger partial charge in [-0.3, -0.25) is 10.00 Å². The molecule has 0 bridgehead atoms. The van der Waals surface area contributed by atoms with Crippen molar-refractivity contribution in [3.63, 3.8) is 0 Å². The van der Waals surface area contributed by atoms with Crippen molar-refractivity contribution in [1.29, 1.82) is 0 Å². The molecule has 25 heavy (non-hydrogen) atoms. The molecule has 7 heteroatoms. The summed E-state index contributed by atoms with van der Waals surface area (Å²) in [4.78, 5) is 6.54. The molecule has 1 aromatic carbocycles. The van der Waals surface area contributed by atoms with E-state index in [2.05, 4.69) is 26.1 Å². The minimum atomic E-state index is -0.794. The second-order valence-corrected chi connectivity index (χ2v) is 6.31. The van der Waals surface area contributed by atoms with Gasteiger partial charge in [0.05, 0.1) is 0 Å². The van der Waals surface area contributed by atoms with Crippen molar-refractivity contribution in [2.24, 2.45) is 0 Å². The number of aromatic amines is 1. The van der Waals surface area contributed by atoms with Crippen LogP contribution in [0.5, 0.6) is 0 Å². The number of piperidine rings is 1. The van der Waals surface area contributed by atoms with E-state index in [4.69, 9.17) is 0 Å². The molecule has 0 atom stereocenters. The van der Waals surface area contributed by atoms with Gasteiger partial charge in [0, 0.05) is 29.7 Å². The summed E-state index contributed by atoms with van der Waals surface area (Å²) < 4.78 is 26.3. The number of rotatable bonds is 3. The van der Waals surface area contributed by atoms with Crippen LogP contribution in [0.1, 0.15) is 30.0 Å². The Labute approximate surface area is 150 Å². The molecule has 1 aliphatic rings. The first kappa shape index (κ1) is 17.8. The van der Waals surface area contributed by atoms with Gasteiger partial charge >= 0.3 is 0 Å². The quantitative estimate of drug-likeness (QED) is 0.763. The Bertz CT molecular complexity index is 859. The second-order valence-electron chi connectivity index (χ2n) is 6.31. The fourth-order valence-electron chi connectivity index (χ4n) is 3.46. The number of aromatic nitrogens is 3. The topological polar surface area (TPSA) is 44.8 Å². The second kappa shape index (κ2) is 7.45. The van der Waals surface area contributed by atoms with Crippen molar-refractivity contribution in [3.05, 3.63) is 59.4 Å². The van der Waals surface area contributed by atoms with Crippen LogP contribution in [0.2, 0.25) is 0 Å². The molecular formula is C18H19ClF2N4. The average Bonchev–Trinajstić information content (AvgIpc) is 3.03. The fourth-order valence-corrected chi connectivity index (χ4v) is 3.46. The largest absolute Gasteiger partial charge is 0.299 e. The summed E-state index contributed by atoms with van der Waals surface area (Å²) in [7, 11) is 0. The number of hydrogen-bond donors (Lipinski definition) is 1. The van der Waals surface area contributed by atoms with Crippen molar-refractivity contribution in [1.82, 2.24) is 20.1 Å². The van der Waals surface area contributed by atoms with Crippen LogP contribution in [0.25, 0.3) is 11.0 Å². The highest BCUT2D eigenvalue weighted by Gasteiger charge is 2.24. The molecule has 2 aromatic heterocycles. The van der Waals surface area contributed by atoms with Crippen LogP contribution in [0, 0.1) is 11.6 Å². The highest BCUT2D eigenvalue weighted by molar-refractivity contribution is 5.85. The van der Waals surface area contributed by atoms with Crippen molar-refractivity contribution >= 4 is 23.4 Å². The number of pyridine rings is 1. The zero-order valence-corrected chi connectivity index (χ0v) is 14.4. The van der Waals surface area contributed by atoms with Gasteiger partial charge < -0.3 is 0 Å². The van der Waals surface area contributed by atoms with E-state index in [0.29, 0.717) is 12.5 Å². The van der Waals surface area contributed by atoms with E-state index in [9.17, 15) is 8.78 Å². The Kier molecular flexibility index (Phi) is 5.30. The SMILES string of the molecule is Cl.Fc1ccc(CN2CCC(c3[nH]nc4ncccc34)CC2)cc1F. The number of nitrogens with one attached hydrogen (secondary N) is 1. The maximum absolute atomic E-state index is 13.3. The van der Waals surface area contributed by atoms with Gasteiger partial charge in [-0.1, -0.05) is 6.07 Å². The minimum Gasteiger partial charge on any atom is -0.299 e. The van der Waals surface area contributed by atoms with E-state index in [1.165, 1.54) is 12.1 Å². The maximum Gasteiger partial charge on any atom is 0.181 e. The summed E-state index contributed by atoms with van der Waals surface area (Å²) in [6.45, 7) is 2.49. The number of hydrogen-bond acceptors (Lipinski definition) is 3. The number of nitrogens with zero attached hydrogens (tertiary/aromatic N) is 3. The normalized spacial score (nSPS) is 16.1. The highest BCUT2D eigenvalue weighted by Crippen LogP contribution is 2.31. The Hall–Kier alpha value is -2.05. The molecule has 0 unspecified atom stereocenters. The van der Waals surface area contributed by atoms with E-state index in [1.54, 1.807) is 12.3 Å². The van der Waals surface area contributed by atoms with Gasteiger partial charge in [0.15, 0.2) is 17.3 Å². The van der Waals surface area contributed by atoms with Crippen LogP contribution >= 0.6 is 12.4 Å². The van der Waals surface area contributed by atoms with Crippen molar-refractivity contribution in [2.45, 2.75) is 25.3 Å². The van der Waals surface area contributed by atoms with Crippen LogP contribution in [-0.2, 0) is 6.54 Å². The number of H-pyrrole nitrogens is 1. The lowest BCUT2D eigenvalue weighted by atomic mass is 9.92. The van der Waals surface area contributed by atoms with Gasteiger partial charge in [0.1, 0.15) is 0 Å². The number of fused-ring (bicyclic) bond motifs is 1. The van der Waals surface area contributed by atoms with Crippen LogP contribution in [-0.4, -0.2) is 33.2 Å². The Morgan fingerprint density at radius 3 is 2.68 bits per heavy atom. The molecule has 1 saturated heterocycles. The Morgan fingerprint density at radius 1 is 1.12 bits per heavy atom. The molecule has 4 rings (SSSR count). The zero-order valence-electron chi connectivity index (χ0n) is 13.6. The fraction of sp³-hybridized carbons (Fsp3) is 0.333. The van der Waals surface area contributed by atoms with Gasteiger partial charge in [-0.25, -0.2) is 13.8 Å². The molecule has 1 fully saturated rings. The van der Waals surface area contributed by atoms with Crippen molar-refractivity contribution in [2.75, 3.05) is 13.1 Å². The van der Waals surface area contributed by atoms with Crippen LogP contribution < -0.4 is 0 Å². The zero-order chi connectivity index (χ0) is 16.5. The third-order valence-electron chi connectivity index (χ3n) is 4.75. The summed E-state index contributed by atoms with van der Waals surface area (Å²) in [6, 6.07) is 8.11. The number of halogens is 3. The highest BCUT2D eigenvalue weighted by atomic mass is 35.5. The molecule has 0 radical (unpaired) electrons. The summed E-state index contributed by atoms with van der Waals surface area (Å²) in [6.07, 6.45) is 3.77. The Balaban J connectivity index is 0.00000182. The molecule has 132 valence electrons. The third kappa shape index (κ3) is 3.65. The molecule has 3 heterocycles. The lowest BCUT2D eigenvalue weighted by Gasteiger charge is -2.31. The molecule has 3 aromatic rings. The van der Waals surface area contributed by atoms with E-state index in [1.807, 2.05) is 6.07 Å². The predicted octanol–water partition coefficient (Wildman–Crippen LogP) is 4.04. The average molecular weight is 365 g/mol. The predicted molar refractivity (Wildman–Crippen MR) is 94.7 cm³/mol. The van der Waals surface area contributed by atoms with Gasteiger partial charge in [-0.05, 0) is 55.8 Å². The first-order chi connectivity index (χ1) is 11.7. The van der Waals surface area contributed by atoms with Gasteiger partial charge in [-0.2, -0.15) is 5.10 Å². The van der Waals surface area contributed by atoms with Gasteiger partial charge in [0.2, 0.25) is 0 Å². The molecule has 0 aliphatic carbocycles. The van der Waals surface area contributed by atoms with E-state index in [0.717, 1.165) is 48.2 Å². The number of likely N-dealkylation sites (tertiary alicyclic amines) is 1. The molecule has 1 aliphatic heterocycles. The summed E-state index contributed by atoms with van der Waals surface area (Å²) in [5.74, 6) is -1.14. The van der Waals surface area contributed by atoms with E-state index in [-0.39, 0.29) is 12.4 Å². The molecule has 0 amide bonds. The number of benzene rings is 1. The minimum absolute atomic E-state index is 0. The molecule has 1 N–H and O–H groups in total. The van der Waals surface area contributed by atoms with E-state index >= 15 is 0 Å². The van der Waals surface area contributed by atoms with Gasteiger partial charge in [-0.15, -0.1) is 12.4 Å². The Morgan fingerprint density at radius 2 is 1.92 bits per heavy atom. The molecule has 0 spiro atoms. The summed E-state index contributed by atoms with van der Waals surface area (Å²) in [5.41, 5.74) is 2.73. The van der Waals surface area contributed by atoms with Crippen molar-refractivity contribution < 1.29 is 8.78 Å². The summed E-state index contributed by atoms with van der Waals surface area (Å²) >= 11 is 0. The maximum atomic E-state index is 13.3. The first-order valence-corrected chi connectivity index (χ1v) is 8.16. The van der Waals surface area contributed by atoms with E-state index < -0.39 is 11.6 Å². The van der Waals surface area contributed by atoms with Crippen LogP contribution in [0.3, 0.4) is 0 Å². The lowest BCUT2D eigenvalue weighted by molar-refractivity contribution is 0.203. The van der Waals surface area contributed by atoms with Crippen LogP contribution in [0.15, 0.2) is 36.5 Å². The lowest BCUT2D eigenvalue weighted by Crippen LogP contribution is -2.32. The smallest absolute Gasteiger partial charge is 0.181 e. The molecular weight excluding hydrogens is 346 g/mol. The van der Waals surface area contributed by atoms with Crippen LogP contribution in [0.4, 0.5) is 8.78 Å². The van der Waals surface area contributed by atoms with Crippen molar-refractivity contribution in [3.8, 4) is 0 Å². The first-order valence-electron chi connectivity index (χ1n) is 8.16. The monoisotopic (exact) mass is 364 g/mol. The molecule has 0 saturated carbocycles. The molecule has 4 nitrogen and oxygen atoms in total.